The van der Waals surface area contributed by atoms with E-state index in [1.807, 2.05) is 0 Å². The predicted molar refractivity (Wildman–Crippen MR) is 80.8 cm³/mol. The first-order valence-corrected chi connectivity index (χ1v) is 7.31. The van der Waals surface area contributed by atoms with Gasteiger partial charge in [0.15, 0.2) is 0 Å². The summed E-state index contributed by atoms with van der Waals surface area (Å²) in [5.74, 6) is 0. The zero-order valence-corrected chi connectivity index (χ0v) is 10.8. The third-order valence-corrected chi connectivity index (χ3v) is 2.83. The van der Waals surface area contributed by atoms with E-state index in [2.05, 4.69) is 11.2 Å². The van der Waals surface area contributed by atoms with Crippen molar-refractivity contribution in [2.75, 3.05) is 6.61 Å². The molecular weight excluding hydrogens is 311 g/mol. The number of aliphatic hydroxyl groups excluding tert-OH is 1. The maximum atomic E-state index is 9.44. The first-order valence-electron chi connectivity index (χ1n) is 4.79. The molecule has 0 aliphatic heterocycles. The minimum atomic E-state index is -3.20. The van der Waals surface area contributed by atoms with Gasteiger partial charge in [-0.2, -0.15) is 0 Å². The van der Waals surface area contributed by atoms with E-state index >= 15 is 0 Å². The summed E-state index contributed by atoms with van der Waals surface area (Å²) < 4.78 is 22.3. The summed E-state index contributed by atoms with van der Waals surface area (Å²) in [5.41, 5.74) is 0. The second-order valence-electron chi connectivity index (χ2n) is 2.77. The molecule has 18 heavy (non-hydrogen) atoms. The first-order chi connectivity index (χ1) is 7.04. The van der Waals surface area contributed by atoms with Crippen LogP contribution in [0, 0.1) is 0 Å². The number of aliphatic hydroxyl groups is 1. The van der Waals surface area contributed by atoms with E-state index in [1.54, 1.807) is 0 Å². The van der Waals surface area contributed by atoms with Crippen LogP contribution in [-0.2, 0) is 13.4 Å². The second kappa shape index (κ2) is 28.5. The Labute approximate surface area is 176 Å². The van der Waals surface area contributed by atoms with Gasteiger partial charge in [-0.1, -0.05) is 32.6 Å². The number of unbranched alkanes of at least 4 members (excludes halogenated alkanes) is 4. The number of hydrogen-bond donors (Lipinski definition) is 3. The van der Waals surface area contributed by atoms with Crippen molar-refractivity contribution in [2.45, 2.75) is 39.0 Å². The Morgan fingerprint density at radius 2 is 1.28 bits per heavy atom. The Morgan fingerprint density at radius 1 is 0.889 bits per heavy atom. The van der Waals surface area contributed by atoms with Gasteiger partial charge in [-0.05, 0) is 6.42 Å². The molecule has 0 aliphatic carbocycles. The van der Waals surface area contributed by atoms with Gasteiger partial charge in [0, 0.05) is 6.61 Å². The molecule has 0 spiro atoms. The van der Waals surface area contributed by atoms with Gasteiger partial charge in [-0.3, -0.25) is 9.13 Å². The molecule has 0 amide bonds. The van der Waals surface area contributed by atoms with Crippen LogP contribution in [0.3, 0.4) is 0 Å². The van der Waals surface area contributed by atoms with E-state index in [1.165, 1.54) is 25.7 Å². The van der Waals surface area contributed by atoms with Gasteiger partial charge in [0.2, 0.25) is 0 Å². The molecule has 0 aliphatic rings. The molecule has 0 saturated heterocycles. The van der Waals surface area contributed by atoms with Crippen LogP contribution in [-0.4, -0.2) is 110 Å². The van der Waals surface area contributed by atoms with Crippen molar-refractivity contribution < 1.29 is 28.3 Å². The second-order valence-corrected chi connectivity index (χ2v) is 4.65. The van der Waals surface area contributed by atoms with Crippen molar-refractivity contribution in [3.63, 3.8) is 0 Å². The quantitative estimate of drug-likeness (QED) is 0.338. The molecule has 2 unspecified atom stereocenters. The fraction of sp³-hybridized carbons (Fsp3) is 1.00. The van der Waals surface area contributed by atoms with Crippen LogP contribution < -0.4 is 0 Å². The van der Waals surface area contributed by atoms with Gasteiger partial charge in [-0.25, -0.2) is 4.31 Å². The van der Waals surface area contributed by atoms with E-state index in [9.17, 15) is 9.13 Å². The van der Waals surface area contributed by atoms with Gasteiger partial charge in [0.25, 0.3) is 0 Å². The van der Waals surface area contributed by atoms with Crippen LogP contribution in [0.2, 0.25) is 0 Å². The van der Waals surface area contributed by atoms with Crippen LogP contribution in [0.4, 0.5) is 0 Å². The van der Waals surface area contributed by atoms with Crippen molar-refractivity contribution >= 4 is 105 Å². The van der Waals surface area contributed by atoms with Crippen LogP contribution >= 0.6 is 16.5 Å². The monoisotopic (exact) mass is 334 g/mol. The van der Waals surface area contributed by atoms with Crippen LogP contribution in [0.15, 0.2) is 0 Å². The topological polar surface area (TPSA) is 104 Å². The molecule has 0 saturated carbocycles. The summed E-state index contributed by atoms with van der Waals surface area (Å²) in [7, 11) is -6.40. The predicted octanol–water partition coefficient (Wildman–Crippen LogP) is -0.229. The molecule has 0 aromatic carbocycles. The summed E-state index contributed by atoms with van der Waals surface area (Å²) in [5, 5.41) is 8.37. The minimum absolute atomic E-state index is 0. The molecule has 0 aromatic rings. The van der Waals surface area contributed by atoms with Crippen molar-refractivity contribution in [3.05, 3.63) is 0 Å². The van der Waals surface area contributed by atoms with Crippen molar-refractivity contribution in [1.82, 2.24) is 0 Å². The molecule has 0 bridgehead atoms. The molecule has 11 heteroatoms. The van der Waals surface area contributed by atoms with Crippen LogP contribution in [0.5, 0.6) is 0 Å². The van der Waals surface area contributed by atoms with E-state index in [0.717, 1.165) is 6.42 Å². The van der Waals surface area contributed by atoms with Crippen molar-refractivity contribution in [1.29, 1.82) is 0 Å². The third kappa shape index (κ3) is 42.7. The Morgan fingerprint density at radius 3 is 1.50 bits per heavy atom. The summed E-state index contributed by atoms with van der Waals surface area (Å²) in [6.07, 6.45) is 6.08. The van der Waals surface area contributed by atoms with Crippen LogP contribution in [0.25, 0.3) is 0 Å². The number of rotatable bonds is 7. The zero-order valence-electron chi connectivity index (χ0n) is 8.81. The normalized spacial score (nSPS) is 11.6. The van der Waals surface area contributed by atoms with E-state index in [4.69, 9.17) is 14.9 Å². The zero-order chi connectivity index (χ0) is 12.1. The standard InChI is InChI=1S/C7H16O.3Na.H4O5P2.3H/c1-2-3-4-5-6-7-8;;;;1-6(2)5-7(3)4;;;/h8H,2-7H2,1H3;;;;6-7H,(H,1,2)(H,3,4);;;. The van der Waals surface area contributed by atoms with Gasteiger partial charge < -0.3 is 14.9 Å². The summed E-state index contributed by atoms with van der Waals surface area (Å²) in [6.45, 7) is 2.56. The molecule has 0 aromatic heterocycles. The average Bonchev–Trinajstić information content (AvgIpc) is 2.11. The van der Waals surface area contributed by atoms with Gasteiger partial charge in [0.05, 0.1) is 0 Å². The molecule has 3 N–H and O–H groups in total. The summed E-state index contributed by atoms with van der Waals surface area (Å²) in [6, 6.07) is 0. The third-order valence-electron chi connectivity index (χ3n) is 1.44. The molecule has 0 heterocycles. The SMILES string of the molecule is CCCCCCCO.O=[PH](O)O[PH](=O)O.[NaH].[NaH].[NaH]. The van der Waals surface area contributed by atoms with Gasteiger partial charge in [-0.15, -0.1) is 0 Å². The van der Waals surface area contributed by atoms with Gasteiger partial charge in [0.1, 0.15) is 0 Å². The maximum absolute atomic E-state index is 9.44. The van der Waals surface area contributed by atoms with Crippen LogP contribution in [0.1, 0.15) is 39.0 Å². The van der Waals surface area contributed by atoms with Crippen molar-refractivity contribution in [2.24, 2.45) is 0 Å². The van der Waals surface area contributed by atoms with E-state index in [0.29, 0.717) is 6.61 Å². The van der Waals surface area contributed by atoms with Crippen molar-refractivity contribution in [3.8, 4) is 0 Å². The summed E-state index contributed by atoms with van der Waals surface area (Å²) in [4.78, 5) is 15.4. The number of hydrogen-bond acceptors (Lipinski definition) is 4. The fourth-order valence-electron chi connectivity index (χ4n) is 0.790. The molecule has 100 valence electrons. The van der Waals surface area contributed by atoms with E-state index < -0.39 is 16.5 Å². The molecule has 6 nitrogen and oxygen atoms in total. The van der Waals surface area contributed by atoms with E-state index in [-0.39, 0.29) is 88.7 Å². The first kappa shape index (κ1) is 33.0. The summed E-state index contributed by atoms with van der Waals surface area (Å²) >= 11 is 0. The molecule has 0 rings (SSSR count). The molecular formula is C7H23Na3O6P2. The van der Waals surface area contributed by atoms with Gasteiger partial charge >= 0.3 is 105 Å². The molecule has 2 atom stereocenters. The Bertz CT molecular complexity index is 169. The fourth-order valence-corrected chi connectivity index (χ4v) is 1.39. The Kier molecular flexibility index (Phi) is 52.2. The Balaban J connectivity index is -0.0000000540. The molecule has 0 fully saturated rings. The average molecular weight is 334 g/mol. The Hall–Kier alpha value is 3.30. The molecule has 0 radical (unpaired) electrons.